The van der Waals surface area contributed by atoms with Crippen molar-refractivity contribution in [1.29, 1.82) is 0 Å². The Kier molecular flexibility index (Phi) is 5.79. The Morgan fingerprint density at radius 3 is 2.63 bits per heavy atom. The van der Waals surface area contributed by atoms with E-state index in [0.717, 1.165) is 5.75 Å². The van der Waals surface area contributed by atoms with Crippen LogP contribution in [0.1, 0.15) is 18.1 Å². The fraction of sp³-hybridized carbons (Fsp3) is 0.417. The number of nitrogens with one attached hydrogen (secondary N) is 1. The average Bonchev–Trinajstić information content (AvgIpc) is 2.27. The van der Waals surface area contributed by atoms with E-state index in [4.69, 9.17) is 18.0 Å². The van der Waals surface area contributed by atoms with Crippen molar-refractivity contribution in [2.45, 2.75) is 24.8 Å². The summed E-state index contributed by atoms with van der Waals surface area (Å²) in [7, 11) is -3.50. The molecule has 0 aliphatic carbocycles. The van der Waals surface area contributed by atoms with Gasteiger partial charge >= 0.3 is 0 Å². The Morgan fingerprint density at radius 2 is 2.16 bits per heavy atom. The monoisotopic (exact) mass is 318 g/mol. The van der Waals surface area contributed by atoms with Gasteiger partial charge in [-0.2, -0.15) is 11.8 Å². The molecule has 0 amide bonds. The fourth-order valence-corrected chi connectivity index (χ4v) is 4.00. The summed E-state index contributed by atoms with van der Waals surface area (Å²) in [5, 5.41) is 0. The number of rotatable bonds is 6. The van der Waals surface area contributed by atoms with Gasteiger partial charge in [-0.3, -0.25) is 0 Å². The van der Waals surface area contributed by atoms with Crippen molar-refractivity contribution in [2.24, 2.45) is 5.73 Å². The molecule has 19 heavy (non-hydrogen) atoms. The Labute approximate surface area is 124 Å². The highest BCUT2D eigenvalue weighted by Gasteiger charge is 2.19. The molecule has 1 aromatic rings. The number of hydrogen-bond donors (Lipinski definition) is 2. The molecule has 1 aromatic carbocycles. The maximum Gasteiger partial charge on any atom is 0.241 e. The topological polar surface area (TPSA) is 72.2 Å². The van der Waals surface area contributed by atoms with Crippen LogP contribution in [0.15, 0.2) is 23.1 Å². The molecular weight excluding hydrogens is 300 g/mol. The van der Waals surface area contributed by atoms with Gasteiger partial charge in [-0.25, -0.2) is 13.1 Å². The summed E-state index contributed by atoms with van der Waals surface area (Å²) in [6.45, 7) is 3.57. The molecule has 0 aliphatic rings. The number of aryl methyl sites for hydroxylation is 1. The maximum absolute atomic E-state index is 12.2. The van der Waals surface area contributed by atoms with Crippen molar-refractivity contribution in [2.75, 3.05) is 12.0 Å². The summed E-state index contributed by atoms with van der Waals surface area (Å²) >= 11 is 6.47. The molecule has 0 saturated heterocycles. The number of thiocarbonyl (C=S) groups is 1. The van der Waals surface area contributed by atoms with Crippen LogP contribution in [0.2, 0.25) is 0 Å². The second-order valence-electron chi connectivity index (χ2n) is 4.32. The van der Waals surface area contributed by atoms with Crippen molar-refractivity contribution in [3.8, 4) is 0 Å². The second kappa shape index (κ2) is 6.69. The molecule has 0 heterocycles. The lowest BCUT2D eigenvalue weighted by molar-refractivity contribution is 0.570. The summed E-state index contributed by atoms with van der Waals surface area (Å²) in [5.41, 5.74) is 6.83. The lowest BCUT2D eigenvalue weighted by Crippen LogP contribution is -2.34. The van der Waals surface area contributed by atoms with E-state index in [1.54, 1.807) is 30.8 Å². The van der Waals surface area contributed by atoms with Gasteiger partial charge in [0.2, 0.25) is 10.0 Å². The number of sulfonamides is 1. The van der Waals surface area contributed by atoms with E-state index in [9.17, 15) is 8.42 Å². The third-order valence-corrected chi connectivity index (χ3v) is 5.34. The summed E-state index contributed by atoms with van der Waals surface area (Å²) in [4.78, 5) is 0.524. The molecule has 0 spiro atoms. The first-order valence-corrected chi connectivity index (χ1v) is 8.98. The van der Waals surface area contributed by atoms with Crippen molar-refractivity contribution in [3.05, 3.63) is 29.3 Å². The van der Waals surface area contributed by atoms with Crippen LogP contribution in [0, 0.1) is 6.92 Å². The lowest BCUT2D eigenvalue weighted by atomic mass is 10.1. The van der Waals surface area contributed by atoms with E-state index in [0.29, 0.717) is 11.1 Å². The second-order valence-corrected chi connectivity index (χ2v) is 7.36. The van der Waals surface area contributed by atoms with Crippen LogP contribution in [0.4, 0.5) is 0 Å². The number of thioether (sulfide) groups is 1. The SMILES string of the molecule is CSCC(C)NS(=O)(=O)c1ccc(C(N)=S)cc1C. The zero-order valence-electron chi connectivity index (χ0n) is 11.1. The zero-order valence-corrected chi connectivity index (χ0v) is 13.6. The Balaban J connectivity index is 3.05. The molecule has 1 rings (SSSR count). The highest BCUT2D eigenvalue weighted by atomic mass is 32.2. The first kappa shape index (κ1) is 16.4. The molecule has 7 heteroatoms. The third-order valence-electron chi connectivity index (χ3n) is 2.52. The fourth-order valence-electron chi connectivity index (χ4n) is 1.72. The number of benzene rings is 1. The molecule has 0 aliphatic heterocycles. The van der Waals surface area contributed by atoms with Gasteiger partial charge in [0.05, 0.1) is 4.90 Å². The molecular formula is C12H18N2O2S3. The predicted molar refractivity (Wildman–Crippen MR) is 85.2 cm³/mol. The minimum absolute atomic E-state index is 0.116. The smallest absolute Gasteiger partial charge is 0.241 e. The molecule has 0 bridgehead atoms. The van der Waals surface area contributed by atoms with Gasteiger partial charge in [0.25, 0.3) is 0 Å². The summed E-state index contributed by atoms with van der Waals surface area (Å²) in [5.74, 6) is 0.725. The van der Waals surface area contributed by atoms with Crippen molar-refractivity contribution < 1.29 is 8.42 Å². The van der Waals surface area contributed by atoms with Crippen LogP contribution < -0.4 is 10.5 Å². The van der Waals surface area contributed by atoms with Crippen LogP contribution in [-0.4, -0.2) is 31.5 Å². The van der Waals surface area contributed by atoms with Crippen molar-refractivity contribution in [1.82, 2.24) is 4.72 Å². The predicted octanol–water partition coefficient (Wildman–Crippen LogP) is 1.66. The van der Waals surface area contributed by atoms with Crippen molar-refractivity contribution in [3.63, 3.8) is 0 Å². The van der Waals surface area contributed by atoms with Crippen LogP contribution in [-0.2, 0) is 10.0 Å². The van der Waals surface area contributed by atoms with E-state index in [1.165, 1.54) is 6.07 Å². The normalized spacial score (nSPS) is 13.2. The van der Waals surface area contributed by atoms with Gasteiger partial charge in [0.15, 0.2) is 0 Å². The number of hydrogen-bond acceptors (Lipinski definition) is 4. The molecule has 1 atom stereocenters. The van der Waals surface area contributed by atoms with E-state index in [-0.39, 0.29) is 15.9 Å². The van der Waals surface area contributed by atoms with Gasteiger partial charge in [-0.1, -0.05) is 18.3 Å². The standard InChI is InChI=1S/C12H18N2O2S3/c1-8-6-10(12(13)17)4-5-11(8)19(15,16)14-9(2)7-18-3/h4-6,9,14H,7H2,1-3H3,(H2,13,17). The van der Waals surface area contributed by atoms with Gasteiger partial charge in [-0.05, 0) is 37.8 Å². The van der Waals surface area contributed by atoms with E-state index >= 15 is 0 Å². The zero-order chi connectivity index (χ0) is 14.6. The molecule has 0 saturated carbocycles. The molecule has 4 nitrogen and oxygen atoms in total. The number of nitrogens with two attached hydrogens (primary N) is 1. The Bertz CT molecular complexity index is 570. The van der Waals surface area contributed by atoms with Crippen LogP contribution >= 0.6 is 24.0 Å². The summed E-state index contributed by atoms with van der Waals surface area (Å²) in [6.07, 6.45) is 1.94. The molecule has 3 N–H and O–H groups in total. The molecule has 0 aromatic heterocycles. The third kappa shape index (κ3) is 4.45. The quantitative estimate of drug-likeness (QED) is 0.781. The summed E-state index contributed by atoms with van der Waals surface area (Å²) in [6, 6.07) is 4.74. The average molecular weight is 318 g/mol. The highest BCUT2D eigenvalue weighted by Crippen LogP contribution is 2.17. The largest absolute Gasteiger partial charge is 0.389 e. The first-order valence-electron chi connectivity index (χ1n) is 5.69. The van der Waals surface area contributed by atoms with E-state index < -0.39 is 10.0 Å². The lowest BCUT2D eigenvalue weighted by Gasteiger charge is -2.15. The summed E-state index contributed by atoms with van der Waals surface area (Å²) < 4.78 is 27.1. The maximum atomic E-state index is 12.2. The van der Waals surface area contributed by atoms with Crippen LogP contribution in [0.25, 0.3) is 0 Å². The first-order chi connectivity index (χ1) is 8.77. The van der Waals surface area contributed by atoms with Gasteiger partial charge < -0.3 is 5.73 Å². The van der Waals surface area contributed by atoms with Gasteiger partial charge in [0.1, 0.15) is 4.99 Å². The highest BCUT2D eigenvalue weighted by molar-refractivity contribution is 7.98. The molecule has 106 valence electrons. The van der Waals surface area contributed by atoms with E-state index in [1.807, 2.05) is 13.2 Å². The van der Waals surface area contributed by atoms with Gasteiger partial charge in [-0.15, -0.1) is 0 Å². The van der Waals surface area contributed by atoms with Crippen LogP contribution in [0.5, 0.6) is 0 Å². The molecule has 1 unspecified atom stereocenters. The van der Waals surface area contributed by atoms with Crippen LogP contribution in [0.3, 0.4) is 0 Å². The Hall–Kier alpha value is -0.630. The molecule has 0 radical (unpaired) electrons. The van der Waals surface area contributed by atoms with Gasteiger partial charge in [0, 0.05) is 17.4 Å². The van der Waals surface area contributed by atoms with Crippen molar-refractivity contribution >= 4 is 39.0 Å². The molecule has 0 fully saturated rings. The minimum atomic E-state index is -3.50. The van der Waals surface area contributed by atoms with E-state index in [2.05, 4.69) is 4.72 Å². The Morgan fingerprint density at radius 1 is 1.53 bits per heavy atom. The minimum Gasteiger partial charge on any atom is -0.389 e.